The average Bonchev–Trinajstić information content (AvgIpc) is 2.45. The van der Waals surface area contributed by atoms with Crippen molar-refractivity contribution in [1.29, 1.82) is 0 Å². The Bertz CT molecular complexity index is 585. The van der Waals surface area contributed by atoms with Crippen molar-refractivity contribution in [3.63, 3.8) is 0 Å². The number of benzene rings is 2. The lowest BCUT2D eigenvalue weighted by Crippen LogP contribution is -2.19. The van der Waals surface area contributed by atoms with E-state index in [4.69, 9.17) is 0 Å². The third-order valence-corrected chi connectivity index (χ3v) is 3.96. The maximum Gasteiger partial charge on any atom is 0.0361 e. The van der Waals surface area contributed by atoms with Crippen LogP contribution in [0.4, 0.5) is 5.69 Å². The predicted octanol–water partition coefficient (Wildman–Crippen LogP) is 4.22. The van der Waals surface area contributed by atoms with Crippen LogP contribution < -0.4 is 10.2 Å². The van der Waals surface area contributed by atoms with Gasteiger partial charge in [0.25, 0.3) is 0 Å². The highest BCUT2D eigenvalue weighted by atomic mass is 15.1. The van der Waals surface area contributed by atoms with E-state index in [9.17, 15) is 0 Å². The second-order valence-electron chi connectivity index (χ2n) is 6.02. The fourth-order valence-corrected chi connectivity index (χ4v) is 2.60. The molecule has 2 aromatic carbocycles. The number of nitrogens with zero attached hydrogens (tertiary/aromatic N) is 1. The van der Waals surface area contributed by atoms with Crippen LogP contribution in [0.1, 0.15) is 35.2 Å². The van der Waals surface area contributed by atoms with E-state index in [0.717, 1.165) is 6.54 Å². The number of hydrogen-bond acceptors (Lipinski definition) is 2. The van der Waals surface area contributed by atoms with E-state index in [1.807, 2.05) is 0 Å². The van der Waals surface area contributed by atoms with E-state index in [0.29, 0.717) is 6.04 Å². The van der Waals surface area contributed by atoms with Gasteiger partial charge in [-0.1, -0.05) is 35.9 Å². The van der Waals surface area contributed by atoms with Crippen molar-refractivity contribution in [2.75, 3.05) is 19.0 Å². The van der Waals surface area contributed by atoms with Gasteiger partial charge in [0.15, 0.2) is 0 Å². The van der Waals surface area contributed by atoms with Crippen LogP contribution in [0.3, 0.4) is 0 Å². The zero-order chi connectivity index (χ0) is 15.4. The quantitative estimate of drug-likeness (QED) is 0.883. The molecule has 2 rings (SSSR count). The standard InChI is InChI=1S/C19H26N2/c1-14-6-11-19(15(2)12-14)16(3)20-13-17-7-9-18(10-8-17)21(4)5/h6-12,16,20H,13H2,1-5H3. The van der Waals surface area contributed by atoms with E-state index < -0.39 is 0 Å². The Morgan fingerprint density at radius 1 is 1.00 bits per heavy atom. The van der Waals surface area contributed by atoms with E-state index >= 15 is 0 Å². The molecule has 2 aromatic rings. The smallest absolute Gasteiger partial charge is 0.0361 e. The molecule has 0 heterocycles. The van der Waals surface area contributed by atoms with Gasteiger partial charge in [0.05, 0.1) is 0 Å². The van der Waals surface area contributed by atoms with Gasteiger partial charge in [-0.3, -0.25) is 0 Å². The Morgan fingerprint density at radius 3 is 2.24 bits per heavy atom. The van der Waals surface area contributed by atoms with Gasteiger partial charge < -0.3 is 10.2 Å². The molecule has 0 saturated heterocycles. The molecular weight excluding hydrogens is 256 g/mol. The van der Waals surface area contributed by atoms with Crippen LogP contribution in [0.25, 0.3) is 0 Å². The van der Waals surface area contributed by atoms with Gasteiger partial charge in [-0.2, -0.15) is 0 Å². The Labute approximate surface area is 128 Å². The molecule has 0 bridgehead atoms. The largest absolute Gasteiger partial charge is 0.378 e. The normalized spacial score (nSPS) is 12.2. The molecule has 2 heteroatoms. The van der Waals surface area contributed by atoms with Crippen molar-refractivity contribution in [2.45, 2.75) is 33.4 Å². The summed E-state index contributed by atoms with van der Waals surface area (Å²) in [7, 11) is 4.13. The molecule has 0 saturated carbocycles. The summed E-state index contributed by atoms with van der Waals surface area (Å²) < 4.78 is 0. The lowest BCUT2D eigenvalue weighted by atomic mass is 10.00. The monoisotopic (exact) mass is 282 g/mol. The highest BCUT2D eigenvalue weighted by Crippen LogP contribution is 2.19. The summed E-state index contributed by atoms with van der Waals surface area (Å²) in [6, 6.07) is 15.7. The maximum absolute atomic E-state index is 3.61. The lowest BCUT2D eigenvalue weighted by Gasteiger charge is -2.18. The molecular formula is C19H26N2. The summed E-state index contributed by atoms with van der Waals surface area (Å²) in [6.07, 6.45) is 0. The highest BCUT2D eigenvalue weighted by Gasteiger charge is 2.08. The average molecular weight is 282 g/mol. The van der Waals surface area contributed by atoms with Crippen molar-refractivity contribution in [1.82, 2.24) is 5.32 Å². The minimum Gasteiger partial charge on any atom is -0.378 e. The fourth-order valence-electron chi connectivity index (χ4n) is 2.60. The first-order chi connectivity index (χ1) is 9.97. The van der Waals surface area contributed by atoms with Crippen LogP contribution in [-0.2, 0) is 6.54 Å². The minimum absolute atomic E-state index is 0.360. The fraction of sp³-hybridized carbons (Fsp3) is 0.368. The number of aryl methyl sites for hydroxylation is 2. The van der Waals surface area contributed by atoms with Gasteiger partial charge in [0, 0.05) is 32.4 Å². The zero-order valence-corrected chi connectivity index (χ0v) is 13.8. The van der Waals surface area contributed by atoms with E-state index in [1.54, 1.807) is 0 Å². The molecule has 0 radical (unpaired) electrons. The summed E-state index contributed by atoms with van der Waals surface area (Å²) in [4.78, 5) is 2.12. The van der Waals surface area contributed by atoms with Gasteiger partial charge in [-0.05, 0) is 49.6 Å². The number of nitrogens with one attached hydrogen (secondary N) is 1. The topological polar surface area (TPSA) is 15.3 Å². The summed E-state index contributed by atoms with van der Waals surface area (Å²) in [5.74, 6) is 0. The third kappa shape index (κ3) is 4.08. The summed E-state index contributed by atoms with van der Waals surface area (Å²) in [6.45, 7) is 7.45. The predicted molar refractivity (Wildman–Crippen MR) is 91.9 cm³/mol. The molecule has 0 amide bonds. The van der Waals surface area contributed by atoms with Crippen LogP contribution in [0.5, 0.6) is 0 Å². The molecule has 0 spiro atoms. The first-order valence-corrected chi connectivity index (χ1v) is 7.54. The maximum atomic E-state index is 3.61. The Balaban J connectivity index is 1.98. The summed E-state index contributed by atoms with van der Waals surface area (Å²) >= 11 is 0. The zero-order valence-electron chi connectivity index (χ0n) is 13.8. The van der Waals surface area contributed by atoms with Crippen molar-refractivity contribution in [3.05, 3.63) is 64.7 Å². The van der Waals surface area contributed by atoms with Crippen molar-refractivity contribution < 1.29 is 0 Å². The highest BCUT2D eigenvalue weighted by molar-refractivity contribution is 5.46. The molecule has 1 atom stereocenters. The molecule has 21 heavy (non-hydrogen) atoms. The van der Waals surface area contributed by atoms with Crippen LogP contribution in [0, 0.1) is 13.8 Å². The summed E-state index contributed by atoms with van der Waals surface area (Å²) in [5, 5.41) is 3.61. The van der Waals surface area contributed by atoms with Crippen LogP contribution in [0.2, 0.25) is 0 Å². The Morgan fingerprint density at radius 2 is 1.67 bits per heavy atom. The molecule has 0 fully saturated rings. The Hall–Kier alpha value is -1.80. The second-order valence-corrected chi connectivity index (χ2v) is 6.02. The first kappa shape index (κ1) is 15.6. The molecule has 0 aliphatic carbocycles. The molecule has 1 unspecified atom stereocenters. The van der Waals surface area contributed by atoms with Crippen LogP contribution >= 0.6 is 0 Å². The van der Waals surface area contributed by atoms with E-state index in [2.05, 4.69) is 87.5 Å². The number of rotatable bonds is 5. The van der Waals surface area contributed by atoms with Crippen LogP contribution in [0.15, 0.2) is 42.5 Å². The SMILES string of the molecule is Cc1ccc(C(C)NCc2ccc(N(C)C)cc2)c(C)c1. The number of anilines is 1. The Kier molecular flexibility index (Phi) is 5.03. The second kappa shape index (κ2) is 6.77. The van der Waals surface area contributed by atoms with Crippen molar-refractivity contribution in [2.24, 2.45) is 0 Å². The molecule has 0 aromatic heterocycles. The lowest BCUT2D eigenvalue weighted by molar-refractivity contribution is 0.572. The molecule has 2 nitrogen and oxygen atoms in total. The summed E-state index contributed by atoms with van der Waals surface area (Å²) in [5.41, 5.74) is 6.62. The minimum atomic E-state index is 0.360. The number of hydrogen-bond donors (Lipinski definition) is 1. The van der Waals surface area contributed by atoms with Crippen molar-refractivity contribution in [3.8, 4) is 0 Å². The van der Waals surface area contributed by atoms with Gasteiger partial charge in [-0.15, -0.1) is 0 Å². The third-order valence-electron chi connectivity index (χ3n) is 3.96. The van der Waals surface area contributed by atoms with Crippen molar-refractivity contribution >= 4 is 5.69 Å². The van der Waals surface area contributed by atoms with Gasteiger partial charge in [-0.25, -0.2) is 0 Å². The molecule has 112 valence electrons. The van der Waals surface area contributed by atoms with Gasteiger partial charge >= 0.3 is 0 Å². The molecule has 1 N–H and O–H groups in total. The first-order valence-electron chi connectivity index (χ1n) is 7.54. The molecule has 0 aliphatic rings. The van der Waals surface area contributed by atoms with Gasteiger partial charge in [0.1, 0.15) is 0 Å². The molecule has 0 aliphatic heterocycles. The van der Waals surface area contributed by atoms with Gasteiger partial charge in [0.2, 0.25) is 0 Å². The van der Waals surface area contributed by atoms with E-state index in [1.165, 1.54) is 27.9 Å². The van der Waals surface area contributed by atoms with Crippen LogP contribution in [-0.4, -0.2) is 14.1 Å². The van der Waals surface area contributed by atoms with E-state index in [-0.39, 0.29) is 0 Å².